The van der Waals surface area contributed by atoms with Crippen LogP contribution in [0.1, 0.15) is 18.7 Å². The monoisotopic (exact) mass is 322 g/mol. The lowest BCUT2D eigenvalue weighted by atomic mass is 10.0. The van der Waals surface area contributed by atoms with Crippen molar-refractivity contribution in [2.45, 2.75) is 31.2 Å². The Bertz CT molecular complexity index is 566. The molecule has 1 aromatic rings. The third-order valence-electron chi connectivity index (χ3n) is 3.16. The van der Waals surface area contributed by atoms with Gasteiger partial charge in [0, 0.05) is 6.61 Å². The topological polar surface area (TPSA) is 106 Å². The largest absolute Gasteiger partial charge is 0.479 e. The standard InChI is InChI=1S/C11H13F3N4O4/c12-11(13,14)8-16-6-18(17-8)4-7(19)15-5-10(9(20)21)2-1-3-22-10/h6H,1-5H2,(H,15,19)(H,20,21). The maximum atomic E-state index is 12.3. The zero-order chi connectivity index (χ0) is 16.4. The number of nitrogens with zero attached hydrogens (tertiary/aromatic N) is 3. The average Bonchev–Trinajstić information content (AvgIpc) is 3.05. The van der Waals surface area contributed by atoms with Crippen molar-refractivity contribution >= 4 is 11.9 Å². The molecule has 1 amide bonds. The van der Waals surface area contributed by atoms with E-state index in [9.17, 15) is 22.8 Å². The highest BCUT2D eigenvalue weighted by molar-refractivity contribution is 5.80. The van der Waals surface area contributed by atoms with E-state index < -0.39 is 36.0 Å². The molecule has 2 heterocycles. The molecule has 0 saturated carbocycles. The number of hydrogen-bond acceptors (Lipinski definition) is 5. The number of carbonyl (C=O) groups excluding carboxylic acids is 1. The average molecular weight is 322 g/mol. The number of hydrogen-bond donors (Lipinski definition) is 2. The molecule has 0 aliphatic carbocycles. The van der Waals surface area contributed by atoms with Gasteiger partial charge in [0.1, 0.15) is 12.9 Å². The maximum absolute atomic E-state index is 12.3. The summed E-state index contributed by atoms with van der Waals surface area (Å²) in [7, 11) is 0. The summed E-state index contributed by atoms with van der Waals surface area (Å²) in [6.45, 7) is -0.485. The Morgan fingerprint density at radius 1 is 1.50 bits per heavy atom. The van der Waals surface area contributed by atoms with Crippen molar-refractivity contribution in [3.05, 3.63) is 12.2 Å². The van der Waals surface area contributed by atoms with Gasteiger partial charge in [-0.15, -0.1) is 5.10 Å². The lowest BCUT2D eigenvalue weighted by Crippen LogP contribution is -2.49. The van der Waals surface area contributed by atoms with Gasteiger partial charge in [0.2, 0.25) is 5.91 Å². The van der Waals surface area contributed by atoms with Gasteiger partial charge in [0.15, 0.2) is 5.60 Å². The van der Waals surface area contributed by atoms with Crippen molar-refractivity contribution in [3.63, 3.8) is 0 Å². The van der Waals surface area contributed by atoms with Crippen molar-refractivity contribution in [2.24, 2.45) is 0 Å². The highest BCUT2D eigenvalue weighted by Crippen LogP contribution is 2.26. The van der Waals surface area contributed by atoms with Crippen LogP contribution in [-0.2, 0) is 27.0 Å². The first-order valence-corrected chi connectivity index (χ1v) is 6.34. The molecule has 1 aliphatic heterocycles. The van der Waals surface area contributed by atoms with E-state index in [1.165, 1.54) is 0 Å². The fraction of sp³-hybridized carbons (Fsp3) is 0.636. The van der Waals surface area contributed by atoms with Crippen LogP contribution in [0, 0.1) is 0 Å². The minimum absolute atomic E-state index is 0.254. The lowest BCUT2D eigenvalue weighted by molar-refractivity contribution is -0.159. The van der Waals surface area contributed by atoms with Crippen LogP contribution in [0.2, 0.25) is 0 Å². The quantitative estimate of drug-likeness (QED) is 0.793. The minimum atomic E-state index is -4.69. The predicted octanol–water partition coefficient (Wildman–Crippen LogP) is 0.0469. The summed E-state index contributed by atoms with van der Waals surface area (Å²) in [6, 6.07) is 0. The van der Waals surface area contributed by atoms with E-state index in [1.807, 2.05) is 0 Å². The Labute approximate surface area is 122 Å². The Morgan fingerprint density at radius 2 is 2.23 bits per heavy atom. The first-order chi connectivity index (χ1) is 10.2. The number of aliphatic carboxylic acids is 1. The molecular formula is C11H13F3N4O4. The highest BCUT2D eigenvalue weighted by Gasteiger charge is 2.43. The zero-order valence-corrected chi connectivity index (χ0v) is 11.3. The van der Waals surface area contributed by atoms with Gasteiger partial charge in [-0.2, -0.15) is 13.2 Å². The molecule has 0 spiro atoms. The van der Waals surface area contributed by atoms with Gasteiger partial charge >= 0.3 is 12.1 Å². The van der Waals surface area contributed by atoms with Gasteiger partial charge in [-0.1, -0.05) is 0 Å². The molecule has 0 bridgehead atoms. The Kier molecular flexibility index (Phi) is 4.35. The molecule has 122 valence electrons. The van der Waals surface area contributed by atoms with Crippen LogP contribution >= 0.6 is 0 Å². The van der Waals surface area contributed by atoms with E-state index in [2.05, 4.69) is 15.4 Å². The molecule has 1 fully saturated rings. The predicted molar refractivity (Wildman–Crippen MR) is 63.6 cm³/mol. The summed E-state index contributed by atoms with van der Waals surface area (Å²) in [5.74, 6) is -3.22. The van der Waals surface area contributed by atoms with Crippen molar-refractivity contribution in [3.8, 4) is 0 Å². The Hall–Kier alpha value is -2.17. The lowest BCUT2D eigenvalue weighted by Gasteiger charge is -2.23. The number of alkyl halides is 3. The first kappa shape index (κ1) is 16.2. The SMILES string of the molecule is O=C(Cn1cnc(C(F)(F)F)n1)NCC1(C(=O)O)CCCO1. The van der Waals surface area contributed by atoms with Gasteiger partial charge in [0.25, 0.3) is 5.82 Å². The fourth-order valence-corrected chi connectivity index (χ4v) is 2.03. The van der Waals surface area contributed by atoms with Crippen LogP contribution in [-0.4, -0.2) is 50.5 Å². The van der Waals surface area contributed by atoms with Crippen molar-refractivity contribution < 1.29 is 32.6 Å². The van der Waals surface area contributed by atoms with E-state index in [0.717, 1.165) is 11.0 Å². The smallest absolute Gasteiger partial charge is 0.453 e. The summed E-state index contributed by atoms with van der Waals surface area (Å²) in [5.41, 5.74) is -1.48. The second kappa shape index (κ2) is 5.91. The van der Waals surface area contributed by atoms with Crippen LogP contribution in [0.3, 0.4) is 0 Å². The van der Waals surface area contributed by atoms with E-state index in [0.29, 0.717) is 6.42 Å². The third-order valence-corrected chi connectivity index (χ3v) is 3.16. The first-order valence-electron chi connectivity index (χ1n) is 6.34. The zero-order valence-electron chi connectivity index (χ0n) is 11.3. The van der Waals surface area contributed by atoms with Gasteiger partial charge in [-0.05, 0) is 12.8 Å². The summed E-state index contributed by atoms with van der Waals surface area (Å²) < 4.78 is 42.8. The molecule has 0 aromatic carbocycles. The Morgan fingerprint density at radius 3 is 2.73 bits per heavy atom. The van der Waals surface area contributed by atoms with Gasteiger partial charge < -0.3 is 15.2 Å². The van der Waals surface area contributed by atoms with E-state index in [1.54, 1.807) is 0 Å². The molecule has 0 radical (unpaired) electrons. The fourth-order valence-electron chi connectivity index (χ4n) is 2.03. The molecule has 22 heavy (non-hydrogen) atoms. The summed E-state index contributed by atoms with van der Waals surface area (Å²) in [6.07, 6.45) is -3.10. The second-order valence-electron chi connectivity index (χ2n) is 4.79. The molecule has 11 heteroatoms. The molecule has 2 rings (SSSR count). The molecule has 1 saturated heterocycles. The van der Waals surface area contributed by atoms with Gasteiger partial charge in [-0.25, -0.2) is 14.5 Å². The van der Waals surface area contributed by atoms with Crippen molar-refractivity contribution in [1.82, 2.24) is 20.1 Å². The highest BCUT2D eigenvalue weighted by atomic mass is 19.4. The van der Waals surface area contributed by atoms with Crippen LogP contribution in [0.25, 0.3) is 0 Å². The van der Waals surface area contributed by atoms with Crippen LogP contribution in [0.4, 0.5) is 13.2 Å². The summed E-state index contributed by atoms with van der Waals surface area (Å²) in [5, 5.41) is 14.6. The van der Waals surface area contributed by atoms with Gasteiger partial charge in [-0.3, -0.25) is 4.79 Å². The number of carboxylic acids is 1. The second-order valence-corrected chi connectivity index (χ2v) is 4.79. The molecular weight excluding hydrogens is 309 g/mol. The number of ether oxygens (including phenoxy) is 1. The number of nitrogens with one attached hydrogen (secondary N) is 1. The van der Waals surface area contributed by atoms with E-state index in [4.69, 9.17) is 9.84 Å². The molecule has 1 aromatic heterocycles. The molecule has 1 atom stereocenters. The van der Waals surface area contributed by atoms with Crippen LogP contribution in [0.5, 0.6) is 0 Å². The number of carbonyl (C=O) groups is 2. The number of amides is 1. The summed E-state index contributed by atoms with van der Waals surface area (Å²) in [4.78, 5) is 25.9. The molecule has 1 aliphatic rings. The van der Waals surface area contributed by atoms with Crippen molar-refractivity contribution in [1.29, 1.82) is 0 Å². The number of carboxylic acid groups (broad SMARTS) is 1. The minimum Gasteiger partial charge on any atom is -0.479 e. The normalized spacial score (nSPS) is 21.8. The van der Waals surface area contributed by atoms with Crippen LogP contribution in [0.15, 0.2) is 6.33 Å². The molecule has 2 N–H and O–H groups in total. The van der Waals surface area contributed by atoms with Crippen molar-refractivity contribution in [2.75, 3.05) is 13.2 Å². The summed E-state index contributed by atoms with van der Waals surface area (Å²) >= 11 is 0. The third kappa shape index (κ3) is 3.53. The molecule has 8 nitrogen and oxygen atoms in total. The molecule has 1 unspecified atom stereocenters. The maximum Gasteiger partial charge on any atom is 0.453 e. The van der Waals surface area contributed by atoms with Crippen LogP contribution < -0.4 is 5.32 Å². The van der Waals surface area contributed by atoms with Gasteiger partial charge in [0.05, 0.1) is 6.54 Å². The Balaban J connectivity index is 1.90. The number of aromatic nitrogens is 3. The number of halogens is 3. The van der Waals surface area contributed by atoms with E-state index >= 15 is 0 Å². The van der Waals surface area contributed by atoms with E-state index in [-0.39, 0.29) is 19.6 Å². The number of rotatable bonds is 5.